The Bertz CT molecular complexity index is 1180. The highest BCUT2D eigenvalue weighted by Crippen LogP contribution is 2.35. The van der Waals surface area contributed by atoms with Crippen LogP contribution in [0.5, 0.6) is 0 Å². The standard InChI is InChI=1S/C25H18ClN/c26-22-12-10-18(11-13-22)20-14-15-27-24-9-5-4-8-21(24)17-25(27)23(16-20)19-6-2-1-3-7-19/h1-14,16-17H,15H2. The van der Waals surface area contributed by atoms with E-state index in [1.807, 2.05) is 12.1 Å². The summed E-state index contributed by atoms with van der Waals surface area (Å²) in [7, 11) is 0. The summed E-state index contributed by atoms with van der Waals surface area (Å²) < 4.78 is 2.40. The lowest BCUT2D eigenvalue weighted by atomic mass is 9.97. The van der Waals surface area contributed by atoms with Crippen molar-refractivity contribution in [1.82, 2.24) is 4.57 Å². The topological polar surface area (TPSA) is 4.93 Å². The Kier molecular flexibility index (Phi) is 3.95. The molecular weight excluding hydrogens is 350 g/mol. The fourth-order valence-corrected chi connectivity index (χ4v) is 3.93. The zero-order valence-corrected chi connectivity index (χ0v) is 15.5. The number of benzene rings is 3. The molecule has 1 aliphatic heterocycles. The first-order valence-electron chi connectivity index (χ1n) is 9.11. The molecule has 0 unspecified atom stereocenters. The van der Waals surface area contributed by atoms with Crippen LogP contribution in [0.2, 0.25) is 5.02 Å². The molecule has 5 rings (SSSR count). The van der Waals surface area contributed by atoms with E-state index in [1.165, 1.54) is 38.9 Å². The van der Waals surface area contributed by atoms with Crippen LogP contribution in [0.25, 0.3) is 22.0 Å². The Labute approximate surface area is 163 Å². The number of para-hydroxylation sites is 1. The van der Waals surface area contributed by atoms with Crippen LogP contribution >= 0.6 is 11.6 Å². The molecule has 2 heteroatoms. The molecule has 0 saturated carbocycles. The first-order valence-corrected chi connectivity index (χ1v) is 9.49. The van der Waals surface area contributed by atoms with Crippen molar-refractivity contribution >= 4 is 33.7 Å². The third kappa shape index (κ3) is 2.90. The molecule has 0 saturated heterocycles. The molecule has 1 nitrogen and oxygen atoms in total. The Balaban J connectivity index is 1.74. The van der Waals surface area contributed by atoms with Gasteiger partial charge in [0.2, 0.25) is 0 Å². The van der Waals surface area contributed by atoms with Gasteiger partial charge in [-0.3, -0.25) is 0 Å². The summed E-state index contributed by atoms with van der Waals surface area (Å²) in [5.74, 6) is 0. The Morgan fingerprint density at radius 3 is 2.30 bits per heavy atom. The molecule has 0 radical (unpaired) electrons. The van der Waals surface area contributed by atoms with Crippen LogP contribution < -0.4 is 0 Å². The summed E-state index contributed by atoms with van der Waals surface area (Å²) >= 11 is 6.09. The number of hydrogen-bond acceptors (Lipinski definition) is 0. The van der Waals surface area contributed by atoms with Crippen LogP contribution in [0.1, 0.15) is 16.8 Å². The van der Waals surface area contributed by atoms with E-state index in [1.54, 1.807) is 0 Å². The first-order chi connectivity index (χ1) is 13.3. The van der Waals surface area contributed by atoms with Crippen LogP contribution in [-0.2, 0) is 6.54 Å². The molecule has 0 bridgehead atoms. The molecule has 0 atom stereocenters. The molecule has 3 aromatic carbocycles. The van der Waals surface area contributed by atoms with Gasteiger partial charge in [-0.05, 0) is 47.0 Å². The summed E-state index contributed by atoms with van der Waals surface area (Å²) in [4.78, 5) is 0. The maximum absolute atomic E-state index is 6.09. The van der Waals surface area contributed by atoms with Crippen molar-refractivity contribution < 1.29 is 0 Å². The number of aromatic nitrogens is 1. The number of halogens is 1. The molecule has 0 amide bonds. The maximum atomic E-state index is 6.09. The van der Waals surface area contributed by atoms with Crippen molar-refractivity contribution in [1.29, 1.82) is 0 Å². The lowest BCUT2D eigenvalue weighted by molar-refractivity contribution is 0.854. The monoisotopic (exact) mass is 367 g/mol. The normalized spacial score (nSPS) is 13.7. The lowest BCUT2D eigenvalue weighted by Crippen LogP contribution is -2.00. The molecule has 0 N–H and O–H groups in total. The van der Waals surface area contributed by atoms with Gasteiger partial charge in [0.1, 0.15) is 0 Å². The van der Waals surface area contributed by atoms with Gasteiger partial charge in [0.15, 0.2) is 0 Å². The highest BCUT2D eigenvalue weighted by molar-refractivity contribution is 6.30. The van der Waals surface area contributed by atoms with Crippen molar-refractivity contribution in [2.75, 3.05) is 0 Å². The molecular formula is C25H18ClN. The molecule has 4 aromatic rings. The predicted molar refractivity (Wildman–Crippen MR) is 115 cm³/mol. The van der Waals surface area contributed by atoms with Crippen molar-refractivity contribution in [2.45, 2.75) is 6.54 Å². The summed E-state index contributed by atoms with van der Waals surface area (Å²) in [5.41, 5.74) is 7.39. The van der Waals surface area contributed by atoms with Gasteiger partial charge in [0.25, 0.3) is 0 Å². The quantitative estimate of drug-likeness (QED) is 0.366. The van der Waals surface area contributed by atoms with E-state index < -0.39 is 0 Å². The summed E-state index contributed by atoms with van der Waals surface area (Å²) in [6.45, 7) is 0.841. The van der Waals surface area contributed by atoms with Gasteiger partial charge in [-0.2, -0.15) is 0 Å². The van der Waals surface area contributed by atoms with Crippen LogP contribution in [-0.4, -0.2) is 4.57 Å². The second kappa shape index (κ2) is 6.61. The number of allylic oxidation sites excluding steroid dienone is 3. The van der Waals surface area contributed by atoms with Crippen molar-refractivity contribution in [3.63, 3.8) is 0 Å². The first kappa shape index (κ1) is 16.2. The van der Waals surface area contributed by atoms with Gasteiger partial charge >= 0.3 is 0 Å². The van der Waals surface area contributed by atoms with E-state index in [9.17, 15) is 0 Å². The summed E-state index contributed by atoms with van der Waals surface area (Å²) in [6.07, 6.45) is 4.60. The summed E-state index contributed by atoms with van der Waals surface area (Å²) in [5, 5.41) is 2.04. The molecule has 0 spiro atoms. The van der Waals surface area contributed by atoms with Gasteiger partial charge in [-0.25, -0.2) is 0 Å². The smallest absolute Gasteiger partial charge is 0.0500 e. The largest absolute Gasteiger partial charge is 0.337 e. The molecule has 0 aliphatic carbocycles. The lowest BCUT2D eigenvalue weighted by Gasteiger charge is -2.10. The average molecular weight is 368 g/mol. The second-order valence-electron chi connectivity index (χ2n) is 6.79. The molecule has 27 heavy (non-hydrogen) atoms. The van der Waals surface area contributed by atoms with Gasteiger partial charge < -0.3 is 4.57 Å². The van der Waals surface area contributed by atoms with E-state index >= 15 is 0 Å². The third-order valence-electron chi connectivity index (χ3n) is 5.14. The van der Waals surface area contributed by atoms with E-state index in [4.69, 9.17) is 11.6 Å². The molecule has 0 fully saturated rings. The predicted octanol–water partition coefficient (Wildman–Crippen LogP) is 6.82. The van der Waals surface area contributed by atoms with Crippen LogP contribution in [0.4, 0.5) is 0 Å². The molecule has 2 heterocycles. The minimum atomic E-state index is 0.762. The Morgan fingerprint density at radius 2 is 1.48 bits per heavy atom. The molecule has 1 aromatic heterocycles. The fraction of sp³-hybridized carbons (Fsp3) is 0.0400. The zero-order valence-electron chi connectivity index (χ0n) is 14.8. The SMILES string of the molecule is Clc1ccc(C2=CCn3c(cc4ccccc43)C(c3ccccc3)=C2)cc1. The Hall–Kier alpha value is -3.03. The van der Waals surface area contributed by atoms with Crippen LogP contribution in [0.15, 0.2) is 97.1 Å². The number of rotatable bonds is 2. The number of fused-ring (bicyclic) bond motifs is 3. The van der Waals surface area contributed by atoms with E-state index in [0.29, 0.717) is 0 Å². The van der Waals surface area contributed by atoms with Crippen LogP contribution in [0.3, 0.4) is 0 Å². The maximum Gasteiger partial charge on any atom is 0.0500 e. The van der Waals surface area contributed by atoms with E-state index in [-0.39, 0.29) is 0 Å². The van der Waals surface area contributed by atoms with E-state index in [0.717, 1.165) is 11.6 Å². The van der Waals surface area contributed by atoms with Gasteiger partial charge in [-0.1, -0.05) is 78.3 Å². The fourth-order valence-electron chi connectivity index (χ4n) is 3.80. The van der Waals surface area contributed by atoms with Gasteiger partial charge in [0.05, 0.1) is 5.69 Å². The van der Waals surface area contributed by atoms with Crippen molar-refractivity contribution in [3.8, 4) is 0 Å². The summed E-state index contributed by atoms with van der Waals surface area (Å²) in [6, 6.07) is 29.6. The van der Waals surface area contributed by atoms with Crippen LogP contribution in [0, 0.1) is 0 Å². The number of hydrogen-bond donors (Lipinski definition) is 0. The highest BCUT2D eigenvalue weighted by atomic mass is 35.5. The minimum absolute atomic E-state index is 0.762. The highest BCUT2D eigenvalue weighted by Gasteiger charge is 2.17. The van der Waals surface area contributed by atoms with Gasteiger partial charge in [0, 0.05) is 28.0 Å². The minimum Gasteiger partial charge on any atom is -0.337 e. The third-order valence-corrected chi connectivity index (χ3v) is 5.39. The van der Waals surface area contributed by atoms with Crippen molar-refractivity contribution in [2.24, 2.45) is 0 Å². The van der Waals surface area contributed by atoms with Crippen molar-refractivity contribution in [3.05, 3.63) is 119 Å². The van der Waals surface area contributed by atoms with E-state index in [2.05, 4.69) is 89.5 Å². The molecule has 1 aliphatic rings. The molecule has 130 valence electrons. The Morgan fingerprint density at radius 1 is 0.741 bits per heavy atom. The zero-order chi connectivity index (χ0) is 18.2. The van der Waals surface area contributed by atoms with Gasteiger partial charge in [-0.15, -0.1) is 0 Å². The average Bonchev–Trinajstić information content (AvgIpc) is 2.97. The second-order valence-corrected chi connectivity index (χ2v) is 7.23. The number of nitrogens with zero attached hydrogens (tertiary/aromatic N) is 1.